The molecular formula is C28H27ClN2O3S. The third kappa shape index (κ3) is 6.08. The molecule has 1 aliphatic rings. The smallest absolute Gasteiger partial charge is 0.293 e. The van der Waals surface area contributed by atoms with Crippen LogP contribution in [-0.2, 0) is 17.9 Å². The van der Waals surface area contributed by atoms with Crippen LogP contribution in [0, 0.1) is 0 Å². The number of ether oxygens (including phenoxy) is 1. The van der Waals surface area contributed by atoms with Crippen molar-refractivity contribution in [1.29, 1.82) is 0 Å². The molecule has 1 saturated heterocycles. The Hall–Kier alpha value is -3.22. The van der Waals surface area contributed by atoms with Gasteiger partial charge in [0.15, 0.2) is 0 Å². The van der Waals surface area contributed by atoms with Gasteiger partial charge in [-0.05, 0) is 67.1 Å². The predicted molar refractivity (Wildman–Crippen MR) is 144 cm³/mol. The van der Waals surface area contributed by atoms with Gasteiger partial charge < -0.3 is 9.64 Å². The van der Waals surface area contributed by atoms with Gasteiger partial charge in [-0.3, -0.25) is 14.5 Å². The van der Waals surface area contributed by atoms with E-state index in [1.54, 1.807) is 24.3 Å². The van der Waals surface area contributed by atoms with Gasteiger partial charge in [-0.25, -0.2) is 0 Å². The lowest BCUT2D eigenvalue weighted by Crippen LogP contribution is -2.27. The zero-order chi connectivity index (χ0) is 24.8. The normalized spacial score (nSPS) is 14.6. The summed E-state index contributed by atoms with van der Waals surface area (Å²) in [5.41, 5.74) is 3.65. The minimum atomic E-state index is -0.318. The average Bonchev–Trinajstić information content (AvgIpc) is 3.12. The van der Waals surface area contributed by atoms with Crippen molar-refractivity contribution in [2.45, 2.75) is 27.0 Å². The third-order valence-electron chi connectivity index (χ3n) is 5.75. The zero-order valence-corrected chi connectivity index (χ0v) is 21.3. The van der Waals surface area contributed by atoms with Gasteiger partial charge in [0.05, 0.1) is 11.4 Å². The second-order valence-corrected chi connectivity index (χ2v) is 9.50. The van der Waals surface area contributed by atoms with Crippen LogP contribution in [0.25, 0.3) is 6.08 Å². The SMILES string of the molecule is CCN(CC)c1ccc(/C=C2\SC(=O)N(Cc3cccc(Cl)c3)C2=O)c(OCc2ccccc2)c1. The van der Waals surface area contributed by atoms with Crippen molar-refractivity contribution in [2.75, 3.05) is 18.0 Å². The number of carbonyl (C=O) groups excluding carboxylic acids is 2. The van der Waals surface area contributed by atoms with E-state index in [4.69, 9.17) is 16.3 Å². The molecule has 0 radical (unpaired) electrons. The number of nitrogens with zero attached hydrogens (tertiary/aromatic N) is 2. The Balaban J connectivity index is 1.61. The van der Waals surface area contributed by atoms with E-state index in [1.165, 1.54) is 4.90 Å². The standard InChI is InChI=1S/C28H27ClN2O3S/c1-3-30(4-2)24-14-13-22(25(17-24)34-19-20-9-6-5-7-10-20)16-26-27(32)31(28(33)35-26)18-21-11-8-12-23(29)15-21/h5-17H,3-4,18-19H2,1-2H3/b26-16-. The number of carbonyl (C=O) groups is 2. The summed E-state index contributed by atoms with van der Waals surface area (Å²) >= 11 is 7.01. The first kappa shape index (κ1) is 24.9. The number of anilines is 1. The first-order valence-corrected chi connectivity index (χ1v) is 12.7. The van der Waals surface area contributed by atoms with E-state index in [2.05, 4.69) is 18.7 Å². The predicted octanol–water partition coefficient (Wildman–Crippen LogP) is 7.00. The molecule has 0 N–H and O–H groups in total. The first-order chi connectivity index (χ1) is 17.0. The van der Waals surface area contributed by atoms with E-state index in [0.717, 1.165) is 47.2 Å². The summed E-state index contributed by atoms with van der Waals surface area (Å²) in [6.45, 7) is 6.54. The van der Waals surface area contributed by atoms with E-state index in [9.17, 15) is 9.59 Å². The maximum Gasteiger partial charge on any atom is 0.293 e. The van der Waals surface area contributed by atoms with Gasteiger partial charge >= 0.3 is 0 Å². The Labute approximate surface area is 215 Å². The highest BCUT2D eigenvalue weighted by atomic mass is 35.5. The number of halogens is 1. The van der Waals surface area contributed by atoms with E-state index in [1.807, 2.05) is 54.6 Å². The van der Waals surface area contributed by atoms with Crippen LogP contribution in [0.15, 0.2) is 77.7 Å². The minimum Gasteiger partial charge on any atom is -0.488 e. The molecule has 0 unspecified atom stereocenters. The van der Waals surface area contributed by atoms with Crippen LogP contribution in [-0.4, -0.2) is 29.1 Å². The van der Waals surface area contributed by atoms with Crippen LogP contribution in [0.5, 0.6) is 5.75 Å². The van der Waals surface area contributed by atoms with Gasteiger partial charge in [0.2, 0.25) is 0 Å². The topological polar surface area (TPSA) is 49.9 Å². The van der Waals surface area contributed by atoms with E-state index < -0.39 is 0 Å². The molecule has 1 heterocycles. The summed E-state index contributed by atoms with van der Waals surface area (Å²) in [4.78, 5) is 29.6. The van der Waals surface area contributed by atoms with Crippen LogP contribution in [0.2, 0.25) is 5.02 Å². The Bertz CT molecular complexity index is 1240. The van der Waals surface area contributed by atoms with Crippen molar-refractivity contribution in [1.82, 2.24) is 4.90 Å². The maximum atomic E-state index is 13.1. The highest BCUT2D eigenvalue weighted by molar-refractivity contribution is 8.18. The Kier molecular flexibility index (Phi) is 8.16. The molecule has 7 heteroatoms. The largest absolute Gasteiger partial charge is 0.488 e. The third-order valence-corrected chi connectivity index (χ3v) is 6.90. The molecule has 0 saturated carbocycles. The van der Waals surface area contributed by atoms with Gasteiger partial charge in [0.1, 0.15) is 12.4 Å². The Morgan fingerprint density at radius 2 is 1.69 bits per heavy atom. The van der Waals surface area contributed by atoms with Gasteiger partial charge in [-0.15, -0.1) is 0 Å². The van der Waals surface area contributed by atoms with Gasteiger partial charge in [-0.2, -0.15) is 0 Å². The van der Waals surface area contributed by atoms with Gasteiger partial charge in [0.25, 0.3) is 11.1 Å². The minimum absolute atomic E-state index is 0.181. The van der Waals surface area contributed by atoms with Crippen LogP contribution in [0.1, 0.15) is 30.5 Å². The molecular weight excluding hydrogens is 480 g/mol. The van der Waals surface area contributed by atoms with Gasteiger partial charge in [0, 0.05) is 35.4 Å². The van der Waals surface area contributed by atoms with Crippen LogP contribution >= 0.6 is 23.4 Å². The molecule has 0 aromatic heterocycles. The van der Waals surface area contributed by atoms with E-state index in [0.29, 0.717) is 22.3 Å². The molecule has 3 aromatic carbocycles. The molecule has 0 atom stereocenters. The van der Waals surface area contributed by atoms with E-state index in [-0.39, 0.29) is 17.7 Å². The number of amides is 2. The van der Waals surface area contributed by atoms with Crippen molar-refractivity contribution in [3.05, 3.63) is 99.4 Å². The fraction of sp³-hybridized carbons (Fsp3) is 0.214. The average molecular weight is 507 g/mol. The van der Waals surface area contributed by atoms with Crippen LogP contribution in [0.4, 0.5) is 10.5 Å². The number of hydrogen-bond acceptors (Lipinski definition) is 5. The second kappa shape index (κ2) is 11.5. The number of imide groups is 1. The van der Waals surface area contributed by atoms with Crippen molar-refractivity contribution in [3.63, 3.8) is 0 Å². The summed E-state index contributed by atoms with van der Waals surface area (Å²) < 4.78 is 6.21. The summed E-state index contributed by atoms with van der Waals surface area (Å²) in [5.74, 6) is 0.349. The summed E-state index contributed by atoms with van der Waals surface area (Å²) in [5, 5.41) is 0.270. The van der Waals surface area contributed by atoms with Crippen molar-refractivity contribution in [3.8, 4) is 5.75 Å². The van der Waals surface area contributed by atoms with E-state index >= 15 is 0 Å². The quantitative estimate of drug-likeness (QED) is 0.292. The lowest BCUT2D eigenvalue weighted by molar-refractivity contribution is -0.123. The van der Waals surface area contributed by atoms with Crippen LogP contribution < -0.4 is 9.64 Å². The molecule has 4 rings (SSSR count). The summed E-state index contributed by atoms with van der Waals surface area (Å²) in [6.07, 6.45) is 1.75. The number of thioether (sulfide) groups is 1. The molecule has 3 aromatic rings. The second-order valence-electron chi connectivity index (χ2n) is 8.07. The van der Waals surface area contributed by atoms with Crippen molar-refractivity contribution < 1.29 is 14.3 Å². The molecule has 1 aliphatic heterocycles. The van der Waals surface area contributed by atoms with Crippen molar-refractivity contribution >= 4 is 46.3 Å². The molecule has 180 valence electrons. The van der Waals surface area contributed by atoms with Gasteiger partial charge in [-0.1, -0.05) is 54.1 Å². The van der Waals surface area contributed by atoms with Crippen LogP contribution in [0.3, 0.4) is 0 Å². The fourth-order valence-corrected chi connectivity index (χ4v) is 4.93. The highest BCUT2D eigenvalue weighted by Crippen LogP contribution is 2.36. The Morgan fingerprint density at radius 1 is 0.943 bits per heavy atom. The Morgan fingerprint density at radius 3 is 2.40 bits per heavy atom. The first-order valence-electron chi connectivity index (χ1n) is 11.5. The summed E-state index contributed by atoms with van der Waals surface area (Å²) in [7, 11) is 0. The van der Waals surface area contributed by atoms with Crippen molar-refractivity contribution in [2.24, 2.45) is 0 Å². The molecule has 5 nitrogen and oxygen atoms in total. The molecule has 0 aliphatic carbocycles. The molecule has 2 amide bonds. The summed E-state index contributed by atoms with van der Waals surface area (Å²) in [6, 6.07) is 23.1. The zero-order valence-electron chi connectivity index (χ0n) is 19.7. The monoisotopic (exact) mass is 506 g/mol. The maximum absolute atomic E-state index is 13.1. The lowest BCUT2D eigenvalue weighted by atomic mass is 10.1. The number of benzene rings is 3. The number of rotatable bonds is 9. The molecule has 1 fully saturated rings. The fourth-order valence-electron chi connectivity index (χ4n) is 3.88. The molecule has 0 bridgehead atoms. The molecule has 0 spiro atoms. The highest BCUT2D eigenvalue weighted by Gasteiger charge is 2.35. The molecule has 35 heavy (non-hydrogen) atoms. The lowest BCUT2D eigenvalue weighted by Gasteiger charge is -2.22. The number of hydrogen-bond donors (Lipinski definition) is 0.